The summed E-state index contributed by atoms with van der Waals surface area (Å²) in [6.07, 6.45) is 2.55. The molecule has 28 heavy (non-hydrogen) atoms. The highest BCUT2D eigenvalue weighted by Gasteiger charge is 2.25. The molecule has 0 unspecified atom stereocenters. The summed E-state index contributed by atoms with van der Waals surface area (Å²) >= 11 is 0. The van der Waals surface area contributed by atoms with Crippen molar-refractivity contribution >= 4 is 31.4 Å². The van der Waals surface area contributed by atoms with Gasteiger partial charge in [0.2, 0.25) is 10.0 Å². The van der Waals surface area contributed by atoms with Crippen molar-refractivity contribution in [3.05, 3.63) is 47.0 Å². The molecule has 0 aliphatic carbocycles. The summed E-state index contributed by atoms with van der Waals surface area (Å²) in [6, 6.07) is 8.22. The maximum Gasteiger partial charge on any atom is 0.262 e. The van der Waals surface area contributed by atoms with Gasteiger partial charge in [0.25, 0.3) is 10.0 Å². The van der Waals surface area contributed by atoms with Gasteiger partial charge in [0.05, 0.1) is 23.9 Å². The van der Waals surface area contributed by atoms with E-state index < -0.39 is 20.0 Å². The second kappa shape index (κ2) is 7.29. The van der Waals surface area contributed by atoms with Crippen LogP contribution in [0.5, 0.6) is 5.75 Å². The van der Waals surface area contributed by atoms with Gasteiger partial charge < -0.3 is 4.74 Å². The van der Waals surface area contributed by atoms with E-state index in [4.69, 9.17) is 4.74 Å². The molecule has 0 saturated carbocycles. The maximum atomic E-state index is 12.9. The highest BCUT2D eigenvalue weighted by Crippen LogP contribution is 2.33. The molecule has 9 heteroatoms. The summed E-state index contributed by atoms with van der Waals surface area (Å²) in [6.45, 7) is 3.94. The number of methoxy groups -OCH3 is 1. The van der Waals surface area contributed by atoms with Crippen LogP contribution in [0.2, 0.25) is 0 Å². The number of rotatable bonds is 5. The molecule has 1 aliphatic heterocycles. The first-order valence-electron chi connectivity index (χ1n) is 8.81. The zero-order chi connectivity index (χ0) is 20.7. The summed E-state index contributed by atoms with van der Waals surface area (Å²) in [5.74, 6) is 0.631. The zero-order valence-electron chi connectivity index (χ0n) is 16.3. The molecule has 2 aromatic rings. The number of hydrogen-bond donors (Lipinski definition) is 1. The quantitative estimate of drug-likeness (QED) is 0.797. The average Bonchev–Trinajstić information content (AvgIpc) is 2.61. The lowest BCUT2D eigenvalue weighted by atomic mass is 10.0. The molecule has 0 fully saturated rings. The van der Waals surface area contributed by atoms with Crippen molar-refractivity contribution in [1.82, 2.24) is 0 Å². The molecule has 1 aliphatic rings. The first kappa shape index (κ1) is 20.5. The summed E-state index contributed by atoms with van der Waals surface area (Å²) in [7, 11) is -5.62. The van der Waals surface area contributed by atoms with Gasteiger partial charge in [0, 0.05) is 12.2 Å². The van der Waals surface area contributed by atoms with E-state index in [0.717, 1.165) is 11.1 Å². The van der Waals surface area contributed by atoms with E-state index in [2.05, 4.69) is 4.72 Å². The molecular weight excluding hydrogens is 400 g/mol. The molecule has 7 nitrogen and oxygen atoms in total. The Labute approximate surface area is 166 Å². The highest BCUT2D eigenvalue weighted by molar-refractivity contribution is 7.92. The van der Waals surface area contributed by atoms with Crippen LogP contribution in [0, 0.1) is 13.8 Å². The number of nitrogens with one attached hydrogen (secondary N) is 1. The molecule has 0 saturated heterocycles. The van der Waals surface area contributed by atoms with E-state index in [1.807, 2.05) is 0 Å². The Balaban J connectivity index is 1.95. The monoisotopic (exact) mass is 424 g/mol. The van der Waals surface area contributed by atoms with Gasteiger partial charge in [-0.3, -0.25) is 9.03 Å². The first-order chi connectivity index (χ1) is 13.0. The van der Waals surface area contributed by atoms with Crippen molar-refractivity contribution in [1.29, 1.82) is 0 Å². The van der Waals surface area contributed by atoms with E-state index >= 15 is 0 Å². The molecule has 1 heterocycles. The van der Waals surface area contributed by atoms with Crippen LogP contribution in [0.25, 0.3) is 0 Å². The van der Waals surface area contributed by atoms with Crippen molar-refractivity contribution in [2.45, 2.75) is 31.6 Å². The minimum absolute atomic E-state index is 0.182. The SMILES string of the molecule is COc1cc(C)c(S(=O)(=O)Nc2ccc3c(c2)CCCN3S(C)(=O)=O)cc1C. The van der Waals surface area contributed by atoms with E-state index in [0.29, 0.717) is 42.1 Å². The number of sulfonamides is 2. The molecule has 0 aromatic heterocycles. The minimum atomic E-state index is -3.80. The zero-order valence-corrected chi connectivity index (χ0v) is 17.9. The van der Waals surface area contributed by atoms with Crippen LogP contribution in [0.15, 0.2) is 35.2 Å². The van der Waals surface area contributed by atoms with Crippen molar-refractivity contribution in [3.63, 3.8) is 0 Å². The highest BCUT2D eigenvalue weighted by atomic mass is 32.2. The standard InChI is InChI=1S/C19H24N2O5S2/c1-13-11-19(14(2)10-18(13)26-3)28(24,25)20-16-7-8-17-15(12-16)6-5-9-21(17)27(4,22)23/h7-8,10-12,20H,5-6,9H2,1-4H3. The molecule has 0 spiro atoms. The lowest BCUT2D eigenvalue weighted by Gasteiger charge is -2.29. The number of anilines is 2. The Kier molecular flexibility index (Phi) is 5.33. The average molecular weight is 425 g/mol. The number of fused-ring (bicyclic) bond motifs is 1. The molecule has 0 radical (unpaired) electrons. The predicted octanol–water partition coefficient (Wildman–Crippen LogP) is 2.83. The number of hydrogen-bond acceptors (Lipinski definition) is 5. The molecule has 152 valence electrons. The second-order valence-corrected chi connectivity index (χ2v) is 10.5. The van der Waals surface area contributed by atoms with E-state index in [-0.39, 0.29) is 4.90 Å². The van der Waals surface area contributed by atoms with Crippen LogP contribution >= 0.6 is 0 Å². The Morgan fingerprint density at radius 2 is 1.75 bits per heavy atom. The van der Waals surface area contributed by atoms with Crippen LogP contribution in [-0.2, 0) is 26.5 Å². The van der Waals surface area contributed by atoms with Crippen molar-refractivity contribution in [2.75, 3.05) is 28.9 Å². The molecule has 0 amide bonds. The maximum absolute atomic E-state index is 12.9. The van der Waals surface area contributed by atoms with Gasteiger partial charge in [-0.15, -0.1) is 0 Å². The Hall–Kier alpha value is -2.26. The van der Waals surface area contributed by atoms with Crippen LogP contribution < -0.4 is 13.8 Å². The summed E-state index contributed by atoms with van der Waals surface area (Å²) < 4.78 is 59.0. The fourth-order valence-electron chi connectivity index (χ4n) is 3.45. The Morgan fingerprint density at radius 1 is 1.04 bits per heavy atom. The van der Waals surface area contributed by atoms with Gasteiger partial charge in [0.15, 0.2) is 0 Å². The van der Waals surface area contributed by atoms with Gasteiger partial charge in [0.1, 0.15) is 5.75 Å². The lowest BCUT2D eigenvalue weighted by Crippen LogP contribution is -2.34. The molecule has 0 atom stereocenters. The molecular formula is C19H24N2O5S2. The first-order valence-corrected chi connectivity index (χ1v) is 12.1. The Bertz CT molecular complexity index is 1130. The summed E-state index contributed by atoms with van der Waals surface area (Å²) in [5, 5.41) is 0. The fraction of sp³-hybridized carbons (Fsp3) is 0.368. The second-order valence-electron chi connectivity index (χ2n) is 6.97. The van der Waals surface area contributed by atoms with E-state index in [1.165, 1.54) is 10.6 Å². The summed E-state index contributed by atoms with van der Waals surface area (Å²) in [5.41, 5.74) is 3.12. The van der Waals surface area contributed by atoms with Gasteiger partial charge in [-0.05, 0) is 73.7 Å². The number of ether oxygens (including phenoxy) is 1. The third-order valence-electron chi connectivity index (χ3n) is 4.79. The molecule has 2 aromatic carbocycles. The smallest absolute Gasteiger partial charge is 0.262 e. The van der Waals surface area contributed by atoms with Crippen molar-refractivity contribution in [3.8, 4) is 5.75 Å². The molecule has 3 rings (SSSR count). The van der Waals surface area contributed by atoms with Crippen LogP contribution in [0.3, 0.4) is 0 Å². The largest absolute Gasteiger partial charge is 0.496 e. The topological polar surface area (TPSA) is 92.8 Å². The lowest BCUT2D eigenvalue weighted by molar-refractivity contribution is 0.411. The third-order valence-corrected chi connectivity index (χ3v) is 7.49. The Morgan fingerprint density at radius 3 is 2.39 bits per heavy atom. The van der Waals surface area contributed by atoms with Crippen molar-refractivity contribution in [2.24, 2.45) is 0 Å². The van der Waals surface area contributed by atoms with Crippen LogP contribution in [0.1, 0.15) is 23.1 Å². The normalized spacial score (nSPS) is 14.5. The van der Waals surface area contributed by atoms with Crippen LogP contribution in [-0.4, -0.2) is 36.7 Å². The number of aryl methyl sites for hydroxylation is 3. The van der Waals surface area contributed by atoms with Gasteiger partial charge in [-0.1, -0.05) is 0 Å². The summed E-state index contributed by atoms with van der Waals surface area (Å²) in [4.78, 5) is 0.182. The third kappa shape index (κ3) is 3.95. The van der Waals surface area contributed by atoms with Gasteiger partial charge in [-0.25, -0.2) is 16.8 Å². The van der Waals surface area contributed by atoms with Crippen LogP contribution in [0.4, 0.5) is 11.4 Å². The van der Waals surface area contributed by atoms with E-state index in [9.17, 15) is 16.8 Å². The number of nitrogens with zero attached hydrogens (tertiary/aromatic N) is 1. The van der Waals surface area contributed by atoms with Gasteiger partial charge in [-0.2, -0.15) is 0 Å². The fourth-order valence-corrected chi connectivity index (χ4v) is 5.81. The molecule has 0 bridgehead atoms. The molecule has 1 N–H and O–H groups in total. The van der Waals surface area contributed by atoms with E-state index in [1.54, 1.807) is 51.3 Å². The van der Waals surface area contributed by atoms with Crippen molar-refractivity contribution < 1.29 is 21.6 Å². The minimum Gasteiger partial charge on any atom is -0.496 e. The van der Waals surface area contributed by atoms with Gasteiger partial charge >= 0.3 is 0 Å². The number of benzene rings is 2. The predicted molar refractivity (Wildman–Crippen MR) is 110 cm³/mol.